The molecular weight excluding hydrogens is 273 g/mol. The van der Waals surface area contributed by atoms with Crippen LogP contribution >= 0.6 is 15.9 Å². The van der Waals surface area contributed by atoms with Gasteiger partial charge >= 0.3 is 0 Å². The SMILES string of the molecule is CC(=O)NCCC#Cc1ccc(F)cc1Br. The van der Waals surface area contributed by atoms with E-state index in [2.05, 4.69) is 33.1 Å². The Labute approximate surface area is 102 Å². The zero-order valence-electron chi connectivity index (χ0n) is 8.81. The Morgan fingerprint density at radius 1 is 1.56 bits per heavy atom. The standard InChI is InChI=1S/C12H11BrFNO/c1-9(16)15-7-3-2-4-10-5-6-11(14)8-12(10)13/h5-6,8H,3,7H2,1H3,(H,15,16). The number of carbonyl (C=O) groups excluding carboxylic acids is 1. The summed E-state index contributed by atoms with van der Waals surface area (Å²) in [7, 11) is 0. The summed E-state index contributed by atoms with van der Waals surface area (Å²) in [5.41, 5.74) is 0.740. The van der Waals surface area contributed by atoms with E-state index >= 15 is 0 Å². The maximum atomic E-state index is 12.8. The summed E-state index contributed by atoms with van der Waals surface area (Å²) in [6.45, 7) is 1.99. The van der Waals surface area contributed by atoms with Crippen LogP contribution in [0.3, 0.4) is 0 Å². The molecule has 0 spiro atoms. The summed E-state index contributed by atoms with van der Waals surface area (Å²) in [5, 5.41) is 2.64. The molecule has 1 rings (SSSR count). The van der Waals surface area contributed by atoms with Gasteiger partial charge in [-0.2, -0.15) is 0 Å². The molecule has 1 aromatic rings. The van der Waals surface area contributed by atoms with E-state index in [9.17, 15) is 9.18 Å². The van der Waals surface area contributed by atoms with Gasteiger partial charge in [-0.3, -0.25) is 4.79 Å². The summed E-state index contributed by atoms with van der Waals surface area (Å²) < 4.78 is 13.4. The van der Waals surface area contributed by atoms with Crippen molar-refractivity contribution in [3.63, 3.8) is 0 Å². The third kappa shape index (κ3) is 4.45. The van der Waals surface area contributed by atoms with E-state index in [1.807, 2.05) is 0 Å². The molecule has 84 valence electrons. The molecule has 0 heterocycles. The minimum atomic E-state index is -0.296. The summed E-state index contributed by atoms with van der Waals surface area (Å²) >= 11 is 3.23. The molecule has 16 heavy (non-hydrogen) atoms. The van der Waals surface area contributed by atoms with E-state index < -0.39 is 0 Å². The van der Waals surface area contributed by atoms with Crippen molar-refractivity contribution in [3.8, 4) is 11.8 Å². The van der Waals surface area contributed by atoms with Crippen molar-refractivity contribution in [1.82, 2.24) is 5.32 Å². The van der Waals surface area contributed by atoms with Crippen molar-refractivity contribution in [1.29, 1.82) is 0 Å². The molecule has 0 saturated carbocycles. The summed E-state index contributed by atoms with van der Waals surface area (Å²) in [6.07, 6.45) is 0.573. The maximum absolute atomic E-state index is 12.8. The Kier molecular flexibility index (Phi) is 5.00. The lowest BCUT2D eigenvalue weighted by Crippen LogP contribution is -2.20. The van der Waals surface area contributed by atoms with Gasteiger partial charge in [-0.15, -0.1) is 0 Å². The van der Waals surface area contributed by atoms with Crippen LogP contribution in [0.15, 0.2) is 22.7 Å². The molecule has 0 unspecified atom stereocenters. The number of carbonyl (C=O) groups is 1. The molecule has 0 saturated heterocycles. The average molecular weight is 284 g/mol. The molecule has 4 heteroatoms. The fourth-order valence-electron chi connectivity index (χ4n) is 1.05. The molecule has 0 bridgehead atoms. The van der Waals surface area contributed by atoms with Gasteiger partial charge in [0.1, 0.15) is 5.82 Å². The zero-order valence-corrected chi connectivity index (χ0v) is 10.4. The third-order valence-electron chi connectivity index (χ3n) is 1.78. The molecule has 0 aromatic heterocycles. The number of rotatable bonds is 2. The van der Waals surface area contributed by atoms with Crippen LogP contribution in [0.1, 0.15) is 18.9 Å². The van der Waals surface area contributed by atoms with Gasteiger partial charge in [0.25, 0.3) is 0 Å². The number of hydrogen-bond acceptors (Lipinski definition) is 1. The van der Waals surface area contributed by atoms with E-state index in [-0.39, 0.29) is 11.7 Å². The molecule has 0 aliphatic rings. The van der Waals surface area contributed by atoms with E-state index in [4.69, 9.17) is 0 Å². The van der Waals surface area contributed by atoms with Gasteiger partial charge in [-0.25, -0.2) is 4.39 Å². The first-order valence-electron chi connectivity index (χ1n) is 4.78. The lowest BCUT2D eigenvalue weighted by molar-refractivity contribution is -0.118. The monoisotopic (exact) mass is 283 g/mol. The second-order valence-electron chi connectivity index (χ2n) is 3.16. The molecule has 1 N–H and O–H groups in total. The number of benzene rings is 1. The van der Waals surface area contributed by atoms with Crippen molar-refractivity contribution >= 4 is 21.8 Å². The molecule has 0 atom stereocenters. The fraction of sp³-hybridized carbons (Fsp3) is 0.250. The Morgan fingerprint density at radius 3 is 2.94 bits per heavy atom. The van der Waals surface area contributed by atoms with Gasteiger partial charge in [0.2, 0.25) is 5.91 Å². The minimum Gasteiger partial charge on any atom is -0.355 e. The van der Waals surface area contributed by atoms with Crippen LogP contribution in [0.5, 0.6) is 0 Å². The Morgan fingerprint density at radius 2 is 2.31 bits per heavy atom. The molecule has 2 nitrogen and oxygen atoms in total. The highest BCUT2D eigenvalue weighted by Crippen LogP contribution is 2.16. The number of amides is 1. The van der Waals surface area contributed by atoms with Crippen molar-refractivity contribution in [3.05, 3.63) is 34.1 Å². The number of hydrogen-bond donors (Lipinski definition) is 1. The van der Waals surface area contributed by atoms with Crippen molar-refractivity contribution in [2.75, 3.05) is 6.54 Å². The van der Waals surface area contributed by atoms with Gasteiger partial charge in [-0.05, 0) is 34.1 Å². The van der Waals surface area contributed by atoms with Gasteiger partial charge in [0.15, 0.2) is 0 Å². The molecule has 0 radical (unpaired) electrons. The molecular formula is C12H11BrFNO. The van der Waals surface area contributed by atoms with Gasteiger partial charge in [-0.1, -0.05) is 11.8 Å². The van der Waals surface area contributed by atoms with Gasteiger partial charge in [0, 0.05) is 29.9 Å². The van der Waals surface area contributed by atoms with Crippen LogP contribution in [-0.4, -0.2) is 12.5 Å². The third-order valence-corrected chi connectivity index (χ3v) is 2.43. The van der Waals surface area contributed by atoms with Gasteiger partial charge < -0.3 is 5.32 Å². The number of nitrogens with one attached hydrogen (secondary N) is 1. The van der Waals surface area contributed by atoms with Crippen LogP contribution in [0, 0.1) is 17.7 Å². The minimum absolute atomic E-state index is 0.0650. The summed E-state index contributed by atoms with van der Waals surface area (Å²) in [5.74, 6) is 5.44. The fourth-order valence-corrected chi connectivity index (χ4v) is 1.50. The second-order valence-corrected chi connectivity index (χ2v) is 4.01. The maximum Gasteiger partial charge on any atom is 0.216 e. The first kappa shape index (κ1) is 12.7. The van der Waals surface area contributed by atoms with Crippen LogP contribution < -0.4 is 5.32 Å². The van der Waals surface area contributed by atoms with Crippen LogP contribution in [-0.2, 0) is 4.79 Å². The van der Waals surface area contributed by atoms with Crippen molar-refractivity contribution < 1.29 is 9.18 Å². The first-order chi connectivity index (χ1) is 7.59. The topological polar surface area (TPSA) is 29.1 Å². The predicted molar refractivity (Wildman–Crippen MR) is 64.3 cm³/mol. The lowest BCUT2D eigenvalue weighted by Gasteiger charge is -1.96. The van der Waals surface area contributed by atoms with Crippen LogP contribution in [0.25, 0.3) is 0 Å². The largest absolute Gasteiger partial charge is 0.355 e. The summed E-state index contributed by atoms with van der Waals surface area (Å²) in [6, 6.07) is 4.35. The summed E-state index contributed by atoms with van der Waals surface area (Å²) in [4.78, 5) is 10.6. The van der Waals surface area contributed by atoms with E-state index in [0.29, 0.717) is 17.4 Å². The van der Waals surface area contributed by atoms with E-state index in [1.165, 1.54) is 19.1 Å². The quantitative estimate of drug-likeness (QED) is 0.656. The number of halogens is 2. The Balaban J connectivity index is 2.53. The molecule has 0 fully saturated rings. The van der Waals surface area contributed by atoms with Crippen molar-refractivity contribution in [2.45, 2.75) is 13.3 Å². The molecule has 1 amide bonds. The lowest BCUT2D eigenvalue weighted by atomic mass is 10.2. The molecule has 1 aromatic carbocycles. The highest BCUT2D eigenvalue weighted by atomic mass is 79.9. The first-order valence-corrected chi connectivity index (χ1v) is 5.57. The van der Waals surface area contributed by atoms with Crippen LogP contribution in [0.4, 0.5) is 4.39 Å². The molecule has 0 aliphatic heterocycles. The van der Waals surface area contributed by atoms with Crippen LogP contribution in [0.2, 0.25) is 0 Å². The Hall–Kier alpha value is -1.34. The van der Waals surface area contributed by atoms with Gasteiger partial charge in [0.05, 0.1) is 0 Å². The Bertz CT molecular complexity index is 448. The smallest absolute Gasteiger partial charge is 0.216 e. The molecule has 0 aliphatic carbocycles. The predicted octanol–water partition coefficient (Wildman–Crippen LogP) is 2.47. The average Bonchev–Trinajstić information content (AvgIpc) is 2.20. The highest BCUT2D eigenvalue weighted by Gasteiger charge is 1.97. The zero-order chi connectivity index (χ0) is 12.0. The van der Waals surface area contributed by atoms with Crippen molar-refractivity contribution in [2.24, 2.45) is 0 Å². The van der Waals surface area contributed by atoms with E-state index in [0.717, 1.165) is 5.56 Å². The highest BCUT2D eigenvalue weighted by molar-refractivity contribution is 9.10. The normalized spacial score (nSPS) is 9.19. The second kappa shape index (κ2) is 6.29. The van der Waals surface area contributed by atoms with E-state index in [1.54, 1.807) is 6.07 Å².